The Hall–Kier alpha value is -0.660. The van der Waals surface area contributed by atoms with E-state index in [1.165, 1.54) is 0 Å². The lowest BCUT2D eigenvalue weighted by atomic mass is 10.4. The van der Waals surface area contributed by atoms with Crippen LogP contribution in [0.25, 0.3) is 0 Å². The maximum atomic E-state index is 5.14. The van der Waals surface area contributed by atoms with Crippen molar-refractivity contribution < 1.29 is 9.47 Å². The summed E-state index contributed by atoms with van der Waals surface area (Å²) in [6.07, 6.45) is 0. The fourth-order valence-corrected chi connectivity index (χ4v) is 0.593. The highest BCUT2D eigenvalue weighted by Gasteiger charge is 2.04. The highest BCUT2D eigenvalue weighted by molar-refractivity contribution is 4.96. The Labute approximate surface area is 49.1 Å². The monoisotopic (exact) mass is 114 g/mol. The molecule has 1 aliphatic rings. The van der Waals surface area contributed by atoms with Crippen molar-refractivity contribution in [2.75, 3.05) is 13.2 Å². The predicted octanol–water partition coefficient (Wildman–Crippen LogP) is 1.28. The van der Waals surface area contributed by atoms with Gasteiger partial charge < -0.3 is 9.47 Å². The minimum atomic E-state index is 0.698. The lowest BCUT2D eigenvalue weighted by molar-refractivity contribution is 0.0648. The molecule has 0 radical (unpaired) electrons. The molecule has 0 N–H and O–H groups in total. The second kappa shape index (κ2) is 2.07. The van der Waals surface area contributed by atoms with E-state index >= 15 is 0 Å². The van der Waals surface area contributed by atoms with Crippen LogP contribution >= 0.6 is 0 Å². The van der Waals surface area contributed by atoms with Gasteiger partial charge in [-0.3, -0.25) is 0 Å². The van der Waals surface area contributed by atoms with Gasteiger partial charge in [0.1, 0.15) is 24.7 Å². The first-order chi connectivity index (χ1) is 3.80. The quantitative estimate of drug-likeness (QED) is 0.472. The average molecular weight is 114 g/mol. The smallest absolute Gasteiger partial charge is 0.130 e. The van der Waals surface area contributed by atoms with E-state index in [4.69, 9.17) is 9.47 Å². The zero-order chi connectivity index (χ0) is 5.98. The van der Waals surface area contributed by atoms with Gasteiger partial charge in [-0.15, -0.1) is 0 Å². The van der Waals surface area contributed by atoms with Gasteiger partial charge in [0.25, 0.3) is 0 Å². The van der Waals surface area contributed by atoms with E-state index in [0.29, 0.717) is 13.2 Å². The van der Waals surface area contributed by atoms with E-state index in [9.17, 15) is 0 Å². The van der Waals surface area contributed by atoms with E-state index in [0.717, 1.165) is 11.5 Å². The van der Waals surface area contributed by atoms with Crippen LogP contribution in [0.1, 0.15) is 13.8 Å². The Balaban J connectivity index is 2.60. The second-order valence-corrected chi connectivity index (χ2v) is 1.81. The third-order valence-electron chi connectivity index (χ3n) is 1.22. The third-order valence-corrected chi connectivity index (χ3v) is 1.22. The number of hydrogen-bond donors (Lipinski definition) is 0. The molecule has 0 fully saturated rings. The van der Waals surface area contributed by atoms with Crippen LogP contribution in [-0.2, 0) is 9.47 Å². The molecular weight excluding hydrogens is 104 g/mol. The van der Waals surface area contributed by atoms with Gasteiger partial charge in [0.05, 0.1) is 0 Å². The number of allylic oxidation sites excluding steroid dienone is 2. The fourth-order valence-electron chi connectivity index (χ4n) is 0.593. The van der Waals surface area contributed by atoms with Crippen LogP contribution in [-0.4, -0.2) is 13.2 Å². The molecule has 1 aliphatic heterocycles. The largest absolute Gasteiger partial charge is 0.491 e. The van der Waals surface area contributed by atoms with Crippen molar-refractivity contribution in [2.45, 2.75) is 13.8 Å². The minimum Gasteiger partial charge on any atom is -0.491 e. The molecule has 0 atom stereocenters. The van der Waals surface area contributed by atoms with Gasteiger partial charge in [0.2, 0.25) is 0 Å². The van der Waals surface area contributed by atoms with Crippen molar-refractivity contribution in [2.24, 2.45) is 0 Å². The average Bonchev–Trinajstić information content (AvgIpc) is 1.77. The first kappa shape index (κ1) is 5.48. The summed E-state index contributed by atoms with van der Waals surface area (Å²) >= 11 is 0. The highest BCUT2D eigenvalue weighted by atomic mass is 16.6. The van der Waals surface area contributed by atoms with Gasteiger partial charge in [0.15, 0.2) is 0 Å². The van der Waals surface area contributed by atoms with E-state index in [1.54, 1.807) is 0 Å². The predicted molar refractivity (Wildman–Crippen MR) is 30.3 cm³/mol. The topological polar surface area (TPSA) is 18.5 Å². The Kier molecular flexibility index (Phi) is 1.42. The Bertz CT molecular complexity index is 102. The zero-order valence-electron chi connectivity index (χ0n) is 5.23. The third kappa shape index (κ3) is 0.941. The van der Waals surface area contributed by atoms with Gasteiger partial charge in [-0.1, -0.05) is 0 Å². The van der Waals surface area contributed by atoms with Crippen LogP contribution in [0.15, 0.2) is 11.5 Å². The molecule has 0 unspecified atom stereocenters. The standard InChI is InChI=1S/C6H10O2/c1-5-6(2)8-4-3-7-5/h3-4H2,1-2H3. The molecule has 2 heteroatoms. The summed E-state index contributed by atoms with van der Waals surface area (Å²) in [4.78, 5) is 0. The summed E-state index contributed by atoms with van der Waals surface area (Å²) in [5, 5.41) is 0. The Morgan fingerprint density at radius 1 is 1.00 bits per heavy atom. The summed E-state index contributed by atoms with van der Waals surface area (Å²) in [6.45, 7) is 5.22. The van der Waals surface area contributed by atoms with Crippen molar-refractivity contribution in [3.8, 4) is 0 Å². The van der Waals surface area contributed by atoms with Crippen molar-refractivity contribution in [3.63, 3.8) is 0 Å². The fraction of sp³-hybridized carbons (Fsp3) is 0.667. The van der Waals surface area contributed by atoms with Gasteiger partial charge >= 0.3 is 0 Å². The van der Waals surface area contributed by atoms with E-state index < -0.39 is 0 Å². The van der Waals surface area contributed by atoms with Crippen LogP contribution in [0.4, 0.5) is 0 Å². The molecule has 2 nitrogen and oxygen atoms in total. The number of hydrogen-bond acceptors (Lipinski definition) is 2. The van der Waals surface area contributed by atoms with Crippen LogP contribution in [0.5, 0.6) is 0 Å². The molecule has 1 rings (SSSR count). The van der Waals surface area contributed by atoms with Gasteiger partial charge in [-0.2, -0.15) is 0 Å². The summed E-state index contributed by atoms with van der Waals surface area (Å²) in [5.41, 5.74) is 0. The second-order valence-electron chi connectivity index (χ2n) is 1.81. The molecule has 46 valence electrons. The lowest BCUT2D eigenvalue weighted by Gasteiger charge is -2.16. The number of rotatable bonds is 0. The molecule has 1 heterocycles. The van der Waals surface area contributed by atoms with Crippen molar-refractivity contribution in [3.05, 3.63) is 11.5 Å². The van der Waals surface area contributed by atoms with Crippen LogP contribution in [0.3, 0.4) is 0 Å². The molecule has 0 bridgehead atoms. The van der Waals surface area contributed by atoms with Crippen LogP contribution < -0.4 is 0 Å². The summed E-state index contributed by atoms with van der Waals surface area (Å²) in [7, 11) is 0. The maximum Gasteiger partial charge on any atom is 0.130 e. The van der Waals surface area contributed by atoms with Gasteiger partial charge in [-0.05, 0) is 13.8 Å². The first-order valence-electron chi connectivity index (χ1n) is 2.74. The van der Waals surface area contributed by atoms with Crippen molar-refractivity contribution >= 4 is 0 Å². The summed E-state index contributed by atoms with van der Waals surface area (Å²) < 4.78 is 10.3. The van der Waals surface area contributed by atoms with E-state index in [1.807, 2.05) is 13.8 Å². The lowest BCUT2D eigenvalue weighted by Crippen LogP contribution is -2.10. The summed E-state index contributed by atoms with van der Waals surface area (Å²) in [6, 6.07) is 0. The SMILES string of the molecule is CC1=C(C)OCCO1. The molecule has 8 heavy (non-hydrogen) atoms. The minimum absolute atomic E-state index is 0.698. The molecule has 0 amide bonds. The molecule has 0 aromatic rings. The molecule has 0 aromatic carbocycles. The molecule has 0 saturated heterocycles. The van der Waals surface area contributed by atoms with Crippen LogP contribution in [0.2, 0.25) is 0 Å². The molecule has 0 aliphatic carbocycles. The Morgan fingerprint density at radius 2 is 1.38 bits per heavy atom. The Morgan fingerprint density at radius 3 is 1.62 bits per heavy atom. The molecular formula is C6H10O2. The first-order valence-corrected chi connectivity index (χ1v) is 2.74. The summed E-state index contributed by atoms with van der Waals surface area (Å²) in [5.74, 6) is 1.83. The highest BCUT2D eigenvalue weighted by Crippen LogP contribution is 2.10. The molecule has 0 aromatic heterocycles. The van der Waals surface area contributed by atoms with Crippen molar-refractivity contribution in [1.82, 2.24) is 0 Å². The van der Waals surface area contributed by atoms with Crippen molar-refractivity contribution in [1.29, 1.82) is 0 Å². The number of ether oxygens (including phenoxy) is 2. The van der Waals surface area contributed by atoms with Gasteiger partial charge in [0, 0.05) is 0 Å². The molecule has 0 saturated carbocycles. The van der Waals surface area contributed by atoms with Gasteiger partial charge in [-0.25, -0.2) is 0 Å². The molecule has 0 spiro atoms. The van der Waals surface area contributed by atoms with E-state index in [-0.39, 0.29) is 0 Å². The normalized spacial score (nSPS) is 19.8. The maximum absolute atomic E-state index is 5.14. The zero-order valence-corrected chi connectivity index (χ0v) is 5.23. The van der Waals surface area contributed by atoms with E-state index in [2.05, 4.69) is 0 Å². The van der Waals surface area contributed by atoms with Crippen LogP contribution in [0, 0.1) is 0 Å².